The number of carbonyl (C=O) groups is 1. The first-order valence-electron chi connectivity index (χ1n) is 8.49. The van der Waals surface area contributed by atoms with E-state index in [2.05, 4.69) is 5.32 Å². The Labute approximate surface area is 149 Å². The summed E-state index contributed by atoms with van der Waals surface area (Å²) >= 11 is 0. The van der Waals surface area contributed by atoms with Gasteiger partial charge in [0.05, 0.1) is 13.2 Å². The van der Waals surface area contributed by atoms with Crippen molar-refractivity contribution in [3.63, 3.8) is 0 Å². The van der Waals surface area contributed by atoms with E-state index in [9.17, 15) is 4.79 Å². The molecule has 0 aromatic heterocycles. The average molecular weight is 339 g/mol. The Hall–Kier alpha value is -2.75. The van der Waals surface area contributed by atoms with E-state index in [0.717, 1.165) is 16.8 Å². The van der Waals surface area contributed by atoms with Crippen LogP contribution in [0.1, 0.15) is 30.5 Å². The van der Waals surface area contributed by atoms with E-state index in [1.807, 2.05) is 64.1 Å². The largest absolute Gasteiger partial charge is 0.490 e. The Kier molecular flexibility index (Phi) is 6.63. The lowest BCUT2D eigenvalue weighted by Crippen LogP contribution is -2.07. The molecule has 0 bridgehead atoms. The van der Waals surface area contributed by atoms with Gasteiger partial charge >= 0.3 is 0 Å². The minimum atomic E-state index is -0.171. The fraction of sp³-hybridized carbons (Fsp3) is 0.286. The lowest BCUT2D eigenvalue weighted by atomic mass is 10.1. The second-order valence-corrected chi connectivity index (χ2v) is 5.69. The van der Waals surface area contributed by atoms with Crippen LogP contribution in [0.25, 0.3) is 6.08 Å². The summed E-state index contributed by atoms with van der Waals surface area (Å²) in [7, 11) is 0. The van der Waals surface area contributed by atoms with E-state index in [-0.39, 0.29) is 5.91 Å². The van der Waals surface area contributed by atoms with E-state index in [1.165, 1.54) is 11.6 Å². The normalized spacial score (nSPS) is 10.7. The summed E-state index contributed by atoms with van der Waals surface area (Å²) in [6.45, 7) is 9.06. The molecule has 4 heteroatoms. The van der Waals surface area contributed by atoms with Crippen molar-refractivity contribution in [2.75, 3.05) is 18.5 Å². The molecular weight excluding hydrogens is 314 g/mol. The SMILES string of the molecule is CCOc1ccc(C=CC(=O)Nc2ccc(C)c(C)c2)cc1OCC. The molecule has 2 aromatic rings. The maximum Gasteiger partial charge on any atom is 0.248 e. The summed E-state index contributed by atoms with van der Waals surface area (Å²) in [4.78, 5) is 12.1. The van der Waals surface area contributed by atoms with Crippen LogP contribution in [0.4, 0.5) is 5.69 Å². The Morgan fingerprint density at radius 3 is 2.36 bits per heavy atom. The molecule has 0 saturated carbocycles. The van der Waals surface area contributed by atoms with E-state index < -0.39 is 0 Å². The molecule has 0 aliphatic carbocycles. The van der Waals surface area contributed by atoms with Gasteiger partial charge in [0, 0.05) is 11.8 Å². The van der Waals surface area contributed by atoms with Crippen molar-refractivity contribution < 1.29 is 14.3 Å². The van der Waals surface area contributed by atoms with Crippen LogP contribution in [0.2, 0.25) is 0 Å². The Morgan fingerprint density at radius 1 is 0.960 bits per heavy atom. The second kappa shape index (κ2) is 8.92. The number of benzene rings is 2. The Bertz CT molecular complexity index is 766. The number of hydrogen-bond acceptors (Lipinski definition) is 3. The summed E-state index contributed by atoms with van der Waals surface area (Å²) < 4.78 is 11.1. The van der Waals surface area contributed by atoms with Crippen molar-refractivity contribution in [2.45, 2.75) is 27.7 Å². The first-order chi connectivity index (χ1) is 12.0. The molecule has 2 aromatic carbocycles. The van der Waals surface area contributed by atoms with Gasteiger partial charge in [-0.15, -0.1) is 0 Å². The molecule has 0 atom stereocenters. The highest BCUT2D eigenvalue weighted by Gasteiger charge is 2.05. The van der Waals surface area contributed by atoms with Gasteiger partial charge < -0.3 is 14.8 Å². The van der Waals surface area contributed by atoms with E-state index >= 15 is 0 Å². The monoisotopic (exact) mass is 339 g/mol. The molecule has 0 saturated heterocycles. The number of hydrogen-bond donors (Lipinski definition) is 1. The highest BCUT2D eigenvalue weighted by Crippen LogP contribution is 2.29. The number of nitrogens with one attached hydrogen (secondary N) is 1. The molecule has 0 heterocycles. The van der Waals surface area contributed by atoms with Gasteiger partial charge in [-0.2, -0.15) is 0 Å². The third-order valence-electron chi connectivity index (χ3n) is 3.77. The first-order valence-corrected chi connectivity index (χ1v) is 8.49. The zero-order valence-corrected chi connectivity index (χ0v) is 15.3. The molecule has 0 radical (unpaired) electrons. The molecular formula is C21H25NO3. The van der Waals surface area contributed by atoms with Gasteiger partial charge in [-0.25, -0.2) is 0 Å². The van der Waals surface area contributed by atoms with Crippen LogP contribution in [0, 0.1) is 13.8 Å². The quantitative estimate of drug-likeness (QED) is 0.740. The molecule has 25 heavy (non-hydrogen) atoms. The van der Waals surface area contributed by atoms with Gasteiger partial charge in [-0.1, -0.05) is 12.1 Å². The summed E-state index contributed by atoms with van der Waals surface area (Å²) in [5.41, 5.74) is 4.02. The van der Waals surface area contributed by atoms with Crippen LogP contribution >= 0.6 is 0 Å². The lowest BCUT2D eigenvalue weighted by molar-refractivity contribution is -0.111. The number of amides is 1. The van der Waals surface area contributed by atoms with Crippen molar-refractivity contribution >= 4 is 17.7 Å². The summed E-state index contributed by atoms with van der Waals surface area (Å²) in [6, 6.07) is 11.5. The molecule has 4 nitrogen and oxygen atoms in total. The average Bonchev–Trinajstić information content (AvgIpc) is 2.59. The van der Waals surface area contributed by atoms with Gasteiger partial charge in [0.2, 0.25) is 5.91 Å². The van der Waals surface area contributed by atoms with Crippen molar-refractivity contribution in [2.24, 2.45) is 0 Å². The summed E-state index contributed by atoms with van der Waals surface area (Å²) in [5.74, 6) is 1.22. The maximum absolute atomic E-state index is 12.1. The van der Waals surface area contributed by atoms with E-state index in [4.69, 9.17) is 9.47 Å². The van der Waals surface area contributed by atoms with Gasteiger partial charge in [0.15, 0.2) is 11.5 Å². The molecule has 0 aliphatic heterocycles. The van der Waals surface area contributed by atoms with Gasteiger partial charge in [0.1, 0.15) is 0 Å². The third-order valence-corrected chi connectivity index (χ3v) is 3.77. The lowest BCUT2D eigenvalue weighted by Gasteiger charge is -2.11. The molecule has 0 spiro atoms. The fourth-order valence-electron chi connectivity index (χ4n) is 2.35. The van der Waals surface area contributed by atoms with Crippen LogP contribution in [0.5, 0.6) is 11.5 Å². The molecule has 0 unspecified atom stereocenters. The van der Waals surface area contributed by atoms with Crippen molar-refractivity contribution in [3.8, 4) is 11.5 Å². The van der Waals surface area contributed by atoms with E-state index in [1.54, 1.807) is 6.08 Å². The van der Waals surface area contributed by atoms with Crippen molar-refractivity contribution in [1.82, 2.24) is 0 Å². The topological polar surface area (TPSA) is 47.6 Å². The number of carbonyl (C=O) groups excluding carboxylic acids is 1. The smallest absolute Gasteiger partial charge is 0.248 e. The highest BCUT2D eigenvalue weighted by atomic mass is 16.5. The molecule has 132 valence electrons. The number of ether oxygens (including phenoxy) is 2. The first kappa shape index (κ1) is 18.6. The van der Waals surface area contributed by atoms with Gasteiger partial charge in [0.25, 0.3) is 0 Å². The van der Waals surface area contributed by atoms with Crippen LogP contribution < -0.4 is 14.8 Å². The van der Waals surface area contributed by atoms with Crippen LogP contribution in [0.15, 0.2) is 42.5 Å². The van der Waals surface area contributed by atoms with Gasteiger partial charge in [-0.05, 0) is 74.7 Å². The molecule has 0 aliphatic rings. The second-order valence-electron chi connectivity index (χ2n) is 5.69. The standard InChI is InChI=1S/C21H25NO3/c1-5-24-19-11-8-17(14-20(19)25-6-2)9-12-21(23)22-18-10-7-15(3)16(4)13-18/h7-14H,5-6H2,1-4H3,(H,22,23). The highest BCUT2D eigenvalue weighted by molar-refractivity contribution is 6.02. The number of aryl methyl sites for hydroxylation is 2. The minimum absolute atomic E-state index is 0.171. The zero-order valence-electron chi connectivity index (χ0n) is 15.3. The van der Waals surface area contributed by atoms with Crippen molar-refractivity contribution in [3.05, 3.63) is 59.2 Å². The predicted molar refractivity (Wildman–Crippen MR) is 102 cm³/mol. The van der Waals surface area contributed by atoms with Gasteiger partial charge in [-0.3, -0.25) is 4.79 Å². The zero-order chi connectivity index (χ0) is 18.2. The van der Waals surface area contributed by atoms with Crippen LogP contribution in [-0.4, -0.2) is 19.1 Å². The van der Waals surface area contributed by atoms with Crippen LogP contribution in [-0.2, 0) is 4.79 Å². The Morgan fingerprint density at radius 2 is 1.68 bits per heavy atom. The molecule has 0 fully saturated rings. The third kappa shape index (κ3) is 5.38. The Balaban J connectivity index is 2.08. The summed E-state index contributed by atoms with van der Waals surface area (Å²) in [6.07, 6.45) is 3.27. The number of anilines is 1. The molecule has 1 N–H and O–H groups in total. The molecule has 2 rings (SSSR count). The van der Waals surface area contributed by atoms with Crippen LogP contribution in [0.3, 0.4) is 0 Å². The summed E-state index contributed by atoms with van der Waals surface area (Å²) in [5, 5.41) is 2.87. The number of rotatable bonds is 7. The van der Waals surface area contributed by atoms with E-state index in [0.29, 0.717) is 24.7 Å². The fourth-order valence-corrected chi connectivity index (χ4v) is 2.35. The minimum Gasteiger partial charge on any atom is -0.490 e. The molecule has 1 amide bonds. The maximum atomic E-state index is 12.1. The van der Waals surface area contributed by atoms with Crippen molar-refractivity contribution in [1.29, 1.82) is 0 Å². The predicted octanol–water partition coefficient (Wildman–Crippen LogP) is 4.75.